The van der Waals surface area contributed by atoms with E-state index in [4.69, 9.17) is 12.2 Å². The van der Waals surface area contributed by atoms with E-state index in [-0.39, 0.29) is 0 Å². The summed E-state index contributed by atoms with van der Waals surface area (Å²) in [6.07, 6.45) is 3.69. The summed E-state index contributed by atoms with van der Waals surface area (Å²) in [5, 5.41) is 0. The molecule has 0 radical (unpaired) electrons. The Labute approximate surface area is 106 Å². The highest BCUT2D eigenvalue weighted by Crippen LogP contribution is 2.32. The molecule has 2 aromatic rings. The second kappa shape index (κ2) is 4.41. The lowest BCUT2D eigenvalue weighted by atomic mass is 10.1. The standard InChI is InChI=1S/C14H14N2S/c17-14-9-12(11-4-2-1-3-5-11)15-13(16-14)8-10-6-7-10/h1-5,9-10H,6-8H2,(H,15,16,17). The van der Waals surface area contributed by atoms with Crippen molar-refractivity contribution in [2.24, 2.45) is 5.92 Å². The van der Waals surface area contributed by atoms with Gasteiger partial charge in [-0.15, -0.1) is 0 Å². The highest BCUT2D eigenvalue weighted by molar-refractivity contribution is 7.71. The molecule has 3 heteroatoms. The first kappa shape index (κ1) is 10.7. The Kier molecular flexibility index (Phi) is 2.77. The lowest BCUT2D eigenvalue weighted by Gasteiger charge is -2.05. The predicted octanol–water partition coefficient (Wildman–Crippen LogP) is 3.76. The van der Waals surface area contributed by atoms with Crippen LogP contribution in [-0.4, -0.2) is 9.97 Å². The van der Waals surface area contributed by atoms with Crippen LogP contribution in [-0.2, 0) is 6.42 Å². The average Bonchev–Trinajstić information content (AvgIpc) is 3.13. The molecule has 1 aromatic heterocycles. The van der Waals surface area contributed by atoms with Crippen LogP contribution in [0.2, 0.25) is 0 Å². The van der Waals surface area contributed by atoms with Gasteiger partial charge in [0.1, 0.15) is 10.5 Å². The van der Waals surface area contributed by atoms with E-state index in [1.54, 1.807) is 0 Å². The van der Waals surface area contributed by atoms with Gasteiger partial charge in [-0.1, -0.05) is 42.5 Å². The van der Waals surface area contributed by atoms with Crippen molar-refractivity contribution in [1.29, 1.82) is 0 Å². The molecular formula is C14H14N2S. The Balaban J connectivity index is 1.98. The number of hydrogen-bond donors (Lipinski definition) is 1. The molecule has 2 nitrogen and oxygen atoms in total. The van der Waals surface area contributed by atoms with Gasteiger partial charge in [0.05, 0.1) is 0 Å². The van der Waals surface area contributed by atoms with Crippen LogP contribution >= 0.6 is 12.2 Å². The number of aromatic amines is 1. The molecule has 0 amide bonds. The Morgan fingerprint density at radius 2 is 2.00 bits per heavy atom. The van der Waals surface area contributed by atoms with Gasteiger partial charge in [-0.25, -0.2) is 4.98 Å². The van der Waals surface area contributed by atoms with E-state index >= 15 is 0 Å². The zero-order chi connectivity index (χ0) is 11.7. The van der Waals surface area contributed by atoms with Crippen LogP contribution in [0.25, 0.3) is 11.3 Å². The summed E-state index contributed by atoms with van der Waals surface area (Å²) in [4.78, 5) is 7.79. The third-order valence-electron chi connectivity index (χ3n) is 3.06. The molecule has 17 heavy (non-hydrogen) atoms. The van der Waals surface area contributed by atoms with Crippen molar-refractivity contribution in [2.75, 3.05) is 0 Å². The summed E-state index contributed by atoms with van der Waals surface area (Å²) >= 11 is 5.23. The van der Waals surface area contributed by atoms with Gasteiger partial charge in [0.25, 0.3) is 0 Å². The SMILES string of the molecule is S=c1cc(-c2ccccc2)[nH]c(CC2CC2)n1. The fourth-order valence-corrected chi connectivity index (χ4v) is 2.20. The molecule has 1 aliphatic carbocycles. The maximum atomic E-state index is 5.23. The van der Waals surface area contributed by atoms with Gasteiger partial charge in [0.2, 0.25) is 0 Å². The van der Waals surface area contributed by atoms with Gasteiger partial charge >= 0.3 is 0 Å². The fraction of sp³-hybridized carbons (Fsp3) is 0.286. The first-order chi connectivity index (χ1) is 8.31. The van der Waals surface area contributed by atoms with Gasteiger partial charge in [0.15, 0.2) is 0 Å². The van der Waals surface area contributed by atoms with Crippen molar-refractivity contribution in [3.63, 3.8) is 0 Å². The van der Waals surface area contributed by atoms with Crippen molar-refractivity contribution in [2.45, 2.75) is 19.3 Å². The number of nitrogens with one attached hydrogen (secondary N) is 1. The zero-order valence-corrected chi connectivity index (χ0v) is 10.3. The van der Waals surface area contributed by atoms with Crippen LogP contribution < -0.4 is 0 Å². The van der Waals surface area contributed by atoms with E-state index in [2.05, 4.69) is 22.1 Å². The monoisotopic (exact) mass is 242 g/mol. The number of H-pyrrole nitrogens is 1. The van der Waals surface area contributed by atoms with Gasteiger partial charge in [0, 0.05) is 12.1 Å². The molecule has 1 aliphatic rings. The van der Waals surface area contributed by atoms with Crippen LogP contribution in [0.1, 0.15) is 18.7 Å². The van der Waals surface area contributed by atoms with Crippen LogP contribution in [0.5, 0.6) is 0 Å². The molecule has 0 atom stereocenters. The number of nitrogens with zero attached hydrogens (tertiary/aromatic N) is 1. The minimum absolute atomic E-state index is 0.679. The van der Waals surface area contributed by atoms with Crippen molar-refractivity contribution < 1.29 is 0 Å². The minimum Gasteiger partial charge on any atom is -0.343 e. The predicted molar refractivity (Wildman–Crippen MR) is 71.3 cm³/mol. The topological polar surface area (TPSA) is 28.7 Å². The van der Waals surface area contributed by atoms with Gasteiger partial charge in [-0.3, -0.25) is 0 Å². The molecule has 0 saturated heterocycles. The molecule has 3 rings (SSSR count). The van der Waals surface area contributed by atoms with Crippen LogP contribution in [0.15, 0.2) is 36.4 Å². The Morgan fingerprint density at radius 3 is 2.71 bits per heavy atom. The van der Waals surface area contributed by atoms with Crippen molar-refractivity contribution in [3.8, 4) is 11.3 Å². The highest BCUT2D eigenvalue weighted by Gasteiger charge is 2.22. The molecule has 0 aliphatic heterocycles. The molecule has 86 valence electrons. The quantitative estimate of drug-likeness (QED) is 0.830. The van der Waals surface area contributed by atoms with E-state index < -0.39 is 0 Å². The highest BCUT2D eigenvalue weighted by atomic mass is 32.1. The molecule has 1 saturated carbocycles. The molecule has 0 bridgehead atoms. The van der Waals surface area contributed by atoms with Gasteiger partial charge in [-0.2, -0.15) is 0 Å². The third kappa shape index (κ3) is 2.61. The van der Waals surface area contributed by atoms with E-state index in [0.29, 0.717) is 4.64 Å². The molecular weight excluding hydrogens is 228 g/mol. The molecule has 1 N–H and O–H groups in total. The molecule has 0 spiro atoms. The first-order valence-electron chi connectivity index (χ1n) is 5.97. The summed E-state index contributed by atoms with van der Waals surface area (Å²) in [7, 11) is 0. The number of hydrogen-bond acceptors (Lipinski definition) is 2. The molecule has 1 heterocycles. The summed E-state index contributed by atoms with van der Waals surface area (Å²) in [5.41, 5.74) is 2.24. The second-order valence-corrected chi connectivity index (χ2v) is 5.01. The number of benzene rings is 1. The van der Waals surface area contributed by atoms with Crippen LogP contribution in [0.3, 0.4) is 0 Å². The Bertz CT molecular complexity index is 570. The Morgan fingerprint density at radius 1 is 1.24 bits per heavy atom. The smallest absolute Gasteiger partial charge is 0.130 e. The molecule has 0 unspecified atom stereocenters. The lowest BCUT2D eigenvalue weighted by molar-refractivity contribution is 0.769. The van der Waals surface area contributed by atoms with E-state index in [1.165, 1.54) is 12.8 Å². The lowest BCUT2D eigenvalue weighted by Crippen LogP contribution is -1.98. The minimum atomic E-state index is 0.679. The number of rotatable bonds is 3. The zero-order valence-electron chi connectivity index (χ0n) is 9.52. The van der Waals surface area contributed by atoms with Gasteiger partial charge in [-0.05, 0) is 30.4 Å². The van der Waals surface area contributed by atoms with Crippen molar-refractivity contribution in [3.05, 3.63) is 46.9 Å². The summed E-state index contributed by atoms with van der Waals surface area (Å²) in [6, 6.07) is 12.2. The number of aromatic nitrogens is 2. The van der Waals surface area contributed by atoms with Crippen LogP contribution in [0.4, 0.5) is 0 Å². The fourth-order valence-electron chi connectivity index (χ4n) is 1.97. The van der Waals surface area contributed by atoms with Crippen molar-refractivity contribution in [1.82, 2.24) is 9.97 Å². The van der Waals surface area contributed by atoms with Gasteiger partial charge < -0.3 is 4.98 Å². The molecule has 1 aromatic carbocycles. The molecule has 1 fully saturated rings. The Hall–Kier alpha value is -1.48. The van der Waals surface area contributed by atoms with Crippen LogP contribution in [0, 0.1) is 10.6 Å². The second-order valence-electron chi connectivity index (χ2n) is 4.59. The summed E-state index contributed by atoms with van der Waals surface area (Å²) < 4.78 is 0.679. The van der Waals surface area contributed by atoms with E-state index in [9.17, 15) is 0 Å². The summed E-state index contributed by atoms with van der Waals surface area (Å²) in [5.74, 6) is 1.85. The normalized spacial score (nSPS) is 14.8. The van der Waals surface area contributed by atoms with E-state index in [1.807, 2.05) is 24.3 Å². The average molecular weight is 242 g/mol. The summed E-state index contributed by atoms with van der Waals surface area (Å²) in [6.45, 7) is 0. The van der Waals surface area contributed by atoms with Crippen molar-refractivity contribution >= 4 is 12.2 Å². The van der Waals surface area contributed by atoms with E-state index in [0.717, 1.165) is 29.4 Å². The maximum absolute atomic E-state index is 5.23. The largest absolute Gasteiger partial charge is 0.343 e. The third-order valence-corrected chi connectivity index (χ3v) is 3.26. The maximum Gasteiger partial charge on any atom is 0.130 e. The first-order valence-corrected chi connectivity index (χ1v) is 6.38.